The Bertz CT molecular complexity index is 616. The first-order valence-corrected chi connectivity index (χ1v) is 7.00. The van der Waals surface area contributed by atoms with Crippen LogP contribution < -0.4 is 10.1 Å². The number of nitrogens with one attached hydrogen (secondary N) is 1. The Balaban J connectivity index is 1.70. The fraction of sp³-hybridized carbons (Fsp3) is 0.467. The maximum absolute atomic E-state index is 5.77. The summed E-state index contributed by atoms with van der Waals surface area (Å²) in [5.74, 6) is 1.32. The normalized spacial score (nSPS) is 14.6. The summed E-state index contributed by atoms with van der Waals surface area (Å²) in [6.07, 6.45) is 2.60. The van der Waals surface area contributed by atoms with Crippen molar-refractivity contribution in [1.82, 2.24) is 20.1 Å². The third-order valence-corrected chi connectivity index (χ3v) is 3.50. The summed E-state index contributed by atoms with van der Waals surface area (Å²) in [5, 5.41) is 7.76. The highest BCUT2D eigenvalue weighted by molar-refractivity contribution is 5.28. The molecule has 0 bridgehead atoms. The Labute approximate surface area is 119 Å². The molecule has 1 fully saturated rings. The van der Waals surface area contributed by atoms with Gasteiger partial charge in [-0.3, -0.25) is 0 Å². The van der Waals surface area contributed by atoms with Crippen molar-refractivity contribution in [3.63, 3.8) is 0 Å². The van der Waals surface area contributed by atoms with Crippen LogP contribution in [0.3, 0.4) is 0 Å². The van der Waals surface area contributed by atoms with Crippen LogP contribution in [-0.2, 0) is 13.6 Å². The smallest absolute Gasteiger partial charge is 0.221 e. The molecule has 2 aromatic heterocycles. The minimum Gasteiger partial charge on any atom is -0.421 e. The van der Waals surface area contributed by atoms with Crippen molar-refractivity contribution < 1.29 is 4.74 Å². The van der Waals surface area contributed by atoms with E-state index in [0.717, 1.165) is 17.9 Å². The van der Waals surface area contributed by atoms with Gasteiger partial charge < -0.3 is 10.1 Å². The molecule has 0 atom stereocenters. The summed E-state index contributed by atoms with van der Waals surface area (Å²) in [4.78, 5) is 4.51. The van der Waals surface area contributed by atoms with E-state index in [1.165, 1.54) is 18.4 Å². The Morgan fingerprint density at radius 2 is 2.15 bits per heavy atom. The molecular weight excluding hydrogens is 252 g/mol. The molecule has 1 aliphatic carbocycles. The lowest BCUT2D eigenvalue weighted by Crippen LogP contribution is -2.16. The second-order valence-electron chi connectivity index (χ2n) is 5.40. The maximum atomic E-state index is 5.77. The van der Waals surface area contributed by atoms with Gasteiger partial charge in [-0.2, -0.15) is 5.10 Å². The molecule has 0 saturated heterocycles. The second kappa shape index (κ2) is 5.25. The third-order valence-electron chi connectivity index (χ3n) is 3.50. The lowest BCUT2D eigenvalue weighted by Gasteiger charge is -2.09. The van der Waals surface area contributed by atoms with Gasteiger partial charge in [0.25, 0.3) is 0 Å². The molecule has 1 aliphatic rings. The van der Waals surface area contributed by atoms with E-state index in [1.54, 1.807) is 4.68 Å². The van der Waals surface area contributed by atoms with Gasteiger partial charge in [0, 0.05) is 37.5 Å². The lowest BCUT2D eigenvalue weighted by molar-refractivity contribution is 0.414. The van der Waals surface area contributed by atoms with Crippen LogP contribution in [0.1, 0.15) is 29.8 Å². The first-order chi connectivity index (χ1) is 9.61. The molecule has 0 radical (unpaired) electrons. The average Bonchev–Trinajstić information content (AvgIpc) is 3.15. The van der Waals surface area contributed by atoms with Gasteiger partial charge in [-0.1, -0.05) is 6.07 Å². The monoisotopic (exact) mass is 272 g/mol. The predicted octanol–water partition coefficient (Wildman–Crippen LogP) is 2.48. The first kappa shape index (κ1) is 13.1. The molecule has 5 heteroatoms. The van der Waals surface area contributed by atoms with Crippen LogP contribution in [0.2, 0.25) is 0 Å². The van der Waals surface area contributed by atoms with Gasteiger partial charge in [-0.15, -0.1) is 0 Å². The molecule has 3 rings (SSSR count). The minimum absolute atomic E-state index is 0.612. The zero-order chi connectivity index (χ0) is 14.1. The Morgan fingerprint density at radius 3 is 2.75 bits per heavy atom. The molecule has 0 unspecified atom stereocenters. The number of aryl methyl sites for hydroxylation is 3. The first-order valence-electron chi connectivity index (χ1n) is 7.00. The number of aromatic nitrogens is 3. The highest BCUT2D eigenvalue weighted by Gasteiger charge is 2.20. The molecule has 2 aromatic rings. The van der Waals surface area contributed by atoms with Gasteiger partial charge in [0.1, 0.15) is 0 Å². The average molecular weight is 272 g/mol. The molecular formula is C15H20N4O. The van der Waals surface area contributed by atoms with Gasteiger partial charge in [0.05, 0.1) is 5.69 Å². The van der Waals surface area contributed by atoms with Crippen molar-refractivity contribution in [2.75, 3.05) is 0 Å². The number of nitrogens with zero attached hydrogens (tertiary/aromatic N) is 3. The number of hydrogen-bond acceptors (Lipinski definition) is 4. The topological polar surface area (TPSA) is 52.0 Å². The summed E-state index contributed by atoms with van der Waals surface area (Å²) in [6, 6.07) is 6.61. The molecule has 0 spiro atoms. The van der Waals surface area contributed by atoms with Crippen molar-refractivity contribution in [2.24, 2.45) is 7.05 Å². The van der Waals surface area contributed by atoms with Crippen LogP contribution in [0.15, 0.2) is 18.2 Å². The van der Waals surface area contributed by atoms with Crippen molar-refractivity contribution in [3.05, 3.63) is 35.2 Å². The molecule has 1 saturated carbocycles. The zero-order valence-corrected chi connectivity index (χ0v) is 12.2. The fourth-order valence-electron chi connectivity index (χ4n) is 2.14. The molecule has 0 aromatic carbocycles. The van der Waals surface area contributed by atoms with Gasteiger partial charge >= 0.3 is 0 Å². The van der Waals surface area contributed by atoms with Crippen LogP contribution in [0, 0.1) is 13.8 Å². The molecule has 0 aliphatic heterocycles. The lowest BCUT2D eigenvalue weighted by atomic mass is 10.2. The van der Waals surface area contributed by atoms with Crippen LogP contribution >= 0.6 is 0 Å². The molecule has 106 valence electrons. The van der Waals surface area contributed by atoms with Gasteiger partial charge in [0.2, 0.25) is 11.8 Å². The number of hydrogen-bond donors (Lipinski definition) is 1. The number of pyridine rings is 1. The molecule has 2 heterocycles. The van der Waals surface area contributed by atoms with E-state index in [9.17, 15) is 0 Å². The largest absolute Gasteiger partial charge is 0.421 e. The van der Waals surface area contributed by atoms with E-state index in [2.05, 4.69) is 21.5 Å². The van der Waals surface area contributed by atoms with Crippen LogP contribution in [0.4, 0.5) is 0 Å². The number of ether oxygens (including phenoxy) is 1. The summed E-state index contributed by atoms with van der Waals surface area (Å²) < 4.78 is 7.49. The van der Waals surface area contributed by atoms with E-state index >= 15 is 0 Å². The van der Waals surface area contributed by atoms with Gasteiger partial charge in [0.15, 0.2) is 0 Å². The Hall–Kier alpha value is -1.88. The van der Waals surface area contributed by atoms with Crippen LogP contribution in [0.25, 0.3) is 0 Å². The highest BCUT2D eigenvalue weighted by Crippen LogP contribution is 2.22. The van der Waals surface area contributed by atoms with Crippen LogP contribution in [0.5, 0.6) is 11.8 Å². The van der Waals surface area contributed by atoms with Crippen molar-refractivity contribution in [2.45, 2.75) is 39.3 Å². The molecule has 20 heavy (non-hydrogen) atoms. The zero-order valence-electron chi connectivity index (χ0n) is 12.2. The number of rotatable bonds is 5. The minimum atomic E-state index is 0.612. The predicted molar refractivity (Wildman–Crippen MR) is 76.9 cm³/mol. The Morgan fingerprint density at radius 1 is 1.35 bits per heavy atom. The van der Waals surface area contributed by atoms with Crippen LogP contribution in [-0.4, -0.2) is 20.8 Å². The summed E-state index contributed by atoms with van der Waals surface area (Å²) in [5.41, 5.74) is 3.17. The van der Waals surface area contributed by atoms with E-state index in [1.807, 2.05) is 33.0 Å². The van der Waals surface area contributed by atoms with Crippen molar-refractivity contribution in [1.29, 1.82) is 0 Å². The SMILES string of the molecule is Cc1cc(Oc2ccc(CNC3CC3)c(C)n2)n(C)n1. The third kappa shape index (κ3) is 2.99. The highest BCUT2D eigenvalue weighted by atomic mass is 16.5. The standard InChI is InChI=1S/C15H20N4O/c1-10-8-15(19(3)18-10)20-14-7-4-12(11(2)17-14)9-16-13-5-6-13/h4,7-8,13,16H,5-6,9H2,1-3H3. The van der Waals surface area contributed by atoms with E-state index in [0.29, 0.717) is 17.8 Å². The molecule has 1 N–H and O–H groups in total. The van der Waals surface area contributed by atoms with E-state index in [4.69, 9.17) is 4.74 Å². The maximum Gasteiger partial charge on any atom is 0.221 e. The summed E-state index contributed by atoms with van der Waals surface area (Å²) in [7, 11) is 1.86. The molecule has 0 amide bonds. The Kier molecular flexibility index (Phi) is 3.44. The van der Waals surface area contributed by atoms with E-state index < -0.39 is 0 Å². The van der Waals surface area contributed by atoms with Crippen molar-refractivity contribution >= 4 is 0 Å². The van der Waals surface area contributed by atoms with Gasteiger partial charge in [-0.05, 0) is 32.3 Å². The quantitative estimate of drug-likeness (QED) is 0.908. The summed E-state index contributed by atoms with van der Waals surface area (Å²) >= 11 is 0. The van der Waals surface area contributed by atoms with E-state index in [-0.39, 0.29) is 0 Å². The van der Waals surface area contributed by atoms with Crippen molar-refractivity contribution in [3.8, 4) is 11.8 Å². The molecule has 5 nitrogen and oxygen atoms in total. The second-order valence-corrected chi connectivity index (χ2v) is 5.40. The van der Waals surface area contributed by atoms with Gasteiger partial charge in [-0.25, -0.2) is 9.67 Å². The summed E-state index contributed by atoms with van der Waals surface area (Å²) in [6.45, 7) is 4.85. The fourth-order valence-corrected chi connectivity index (χ4v) is 2.14.